The zero-order valence-corrected chi connectivity index (χ0v) is 13.7. The third-order valence-corrected chi connectivity index (χ3v) is 3.17. The van der Waals surface area contributed by atoms with Crippen LogP contribution in [-0.2, 0) is 6.54 Å². The molecule has 0 bridgehead atoms. The zero-order chi connectivity index (χ0) is 16.7. The van der Waals surface area contributed by atoms with Crippen LogP contribution >= 0.6 is 0 Å². The lowest BCUT2D eigenvalue weighted by atomic mass is 10.2. The summed E-state index contributed by atoms with van der Waals surface area (Å²) in [5.74, 6) is 1.51. The monoisotopic (exact) mass is 314 g/mol. The molecule has 1 heterocycles. The third kappa shape index (κ3) is 5.25. The normalized spacial score (nSPS) is 10.4. The summed E-state index contributed by atoms with van der Waals surface area (Å²) in [5.41, 5.74) is 1.34. The maximum atomic E-state index is 12.2. The van der Waals surface area contributed by atoms with Gasteiger partial charge in [-0.2, -0.15) is 0 Å². The highest BCUT2D eigenvalue weighted by atomic mass is 16.5. The molecule has 122 valence electrons. The van der Waals surface area contributed by atoms with Crippen LogP contribution in [0.2, 0.25) is 0 Å². The number of carbonyl (C=O) groups excluding carboxylic acids is 1. The Morgan fingerprint density at radius 1 is 1.22 bits per heavy atom. The van der Waals surface area contributed by atoms with E-state index in [2.05, 4.69) is 34.4 Å². The number of hydrogen-bond donors (Lipinski definition) is 2. The molecule has 0 unspecified atom stereocenters. The van der Waals surface area contributed by atoms with Crippen molar-refractivity contribution in [3.05, 3.63) is 47.8 Å². The largest absolute Gasteiger partial charge is 0.497 e. The smallest absolute Gasteiger partial charge is 0.270 e. The summed E-state index contributed by atoms with van der Waals surface area (Å²) in [7, 11) is 1.62. The van der Waals surface area contributed by atoms with Gasteiger partial charge in [0, 0.05) is 19.3 Å². The predicted molar refractivity (Wildman–Crippen MR) is 89.5 cm³/mol. The van der Waals surface area contributed by atoms with Crippen LogP contribution in [0, 0.1) is 5.92 Å². The number of amides is 1. The van der Waals surface area contributed by atoms with E-state index in [1.807, 2.05) is 24.3 Å². The van der Waals surface area contributed by atoms with Crippen LogP contribution in [0.15, 0.2) is 36.5 Å². The number of methoxy groups -OCH3 is 1. The molecule has 0 aliphatic heterocycles. The van der Waals surface area contributed by atoms with Crippen molar-refractivity contribution in [3.8, 4) is 5.75 Å². The first kappa shape index (κ1) is 16.7. The van der Waals surface area contributed by atoms with Crippen LogP contribution in [0.5, 0.6) is 5.75 Å². The lowest BCUT2D eigenvalue weighted by molar-refractivity contribution is 0.0946. The Balaban J connectivity index is 1.93. The van der Waals surface area contributed by atoms with Crippen LogP contribution in [0.1, 0.15) is 29.9 Å². The Labute approximate surface area is 136 Å². The molecule has 6 heteroatoms. The lowest BCUT2D eigenvalue weighted by Crippen LogP contribution is -2.24. The SMILES string of the molecule is COc1ccc(CNC(=O)c2ccnc(NCC(C)C)n2)cc1. The Morgan fingerprint density at radius 3 is 2.61 bits per heavy atom. The van der Waals surface area contributed by atoms with Gasteiger partial charge in [-0.1, -0.05) is 26.0 Å². The highest BCUT2D eigenvalue weighted by Crippen LogP contribution is 2.11. The van der Waals surface area contributed by atoms with Gasteiger partial charge in [0.25, 0.3) is 5.91 Å². The highest BCUT2D eigenvalue weighted by molar-refractivity contribution is 5.92. The van der Waals surface area contributed by atoms with Crippen molar-refractivity contribution < 1.29 is 9.53 Å². The van der Waals surface area contributed by atoms with E-state index < -0.39 is 0 Å². The first-order valence-electron chi connectivity index (χ1n) is 7.56. The molecule has 0 fully saturated rings. The van der Waals surface area contributed by atoms with E-state index >= 15 is 0 Å². The van der Waals surface area contributed by atoms with Gasteiger partial charge in [0.1, 0.15) is 11.4 Å². The van der Waals surface area contributed by atoms with E-state index in [9.17, 15) is 4.79 Å². The van der Waals surface area contributed by atoms with Crippen molar-refractivity contribution >= 4 is 11.9 Å². The minimum atomic E-state index is -0.226. The summed E-state index contributed by atoms with van der Waals surface area (Å²) in [6, 6.07) is 9.15. The molecule has 2 N–H and O–H groups in total. The topological polar surface area (TPSA) is 76.1 Å². The van der Waals surface area contributed by atoms with Gasteiger partial charge in [0.05, 0.1) is 7.11 Å². The molecule has 0 saturated heterocycles. The Morgan fingerprint density at radius 2 is 1.96 bits per heavy atom. The molecule has 2 rings (SSSR count). The Bertz CT molecular complexity index is 641. The van der Waals surface area contributed by atoms with Crippen molar-refractivity contribution in [1.82, 2.24) is 15.3 Å². The van der Waals surface area contributed by atoms with E-state index in [0.29, 0.717) is 24.1 Å². The summed E-state index contributed by atoms with van der Waals surface area (Å²) in [6.45, 7) is 5.38. The van der Waals surface area contributed by atoms with Crippen molar-refractivity contribution in [2.75, 3.05) is 19.0 Å². The molecule has 1 amide bonds. The molecule has 6 nitrogen and oxygen atoms in total. The fraction of sp³-hybridized carbons (Fsp3) is 0.353. The molecular weight excluding hydrogens is 292 g/mol. The summed E-state index contributed by atoms with van der Waals surface area (Å²) in [5, 5.41) is 5.96. The van der Waals surface area contributed by atoms with E-state index in [1.54, 1.807) is 19.4 Å². The van der Waals surface area contributed by atoms with Crippen LogP contribution in [0.3, 0.4) is 0 Å². The minimum Gasteiger partial charge on any atom is -0.497 e. The number of nitrogens with one attached hydrogen (secondary N) is 2. The maximum Gasteiger partial charge on any atom is 0.270 e. The van der Waals surface area contributed by atoms with E-state index in [0.717, 1.165) is 17.9 Å². The van der Waals surface area contributed by atoms with Crippen molar-refractivity contribution in [2.24, 2.45) is 5.92 Å². The quantitative estimate of drug-likeness (QED) is 0.821. The maximum absolute atomic E-state index is 12.2. The third-order valence-electron chi connectivity index (χ3n) is 3.17. The minimum absolute atomic E-state index is 0.226. The standard InChI is InChI=1S/C17H22N4O2/c1-12(2)10-20-17-18-9-8-15(21-17)16(22)19-11-13-4-6-14(23-3)7-5-13/h4-9,12H,10-11H2,1-3H3,(H,19,22)(H,18,20,21). The summed E-state index contributed by atoms with van der Waals surface area (Å²) in [4.78, 5) is 20.5. The number of ether oxygens (including phenoxy) is 1. The van der Waals surface area contributed by atoms with E-state index in [-0.39, 0.29) is 5.91 Å². The predicted octanol–water partition coefficient (Wildman–Crippen LogP) is 2.48. The first-order chi connectivity index (χ1) is 11.1. The molecule has 2 aromatic rings. The second kappa shape index (κ2) is 8.12. The van der Waals surface area contributed by atoms with Gasteiger partial charge >= 0.3 is 0 Å². The molecule has 1 aromatic carbocycles. The summed E-state index contributed by atoms with van der Waals surface area (Å²) in [6.07, 6.45) is 1.58. The highest BCUT2D eigenvalue weighted by Gasteiger charge is 2.09. The molecular formula is C17H22N4O2. The molecule has 0 aliphatic carbocycles. The van der Waals surface area contributed by atoms with Gasteiger partial charge in [-0.25, -0.2) is 9.97 Å². The van der Waals surface area contributed by atoms with Gasteiger partial charge in [0.2, 0.25) is 5.95 Å². The van der Waals surface area contributed by atoms with Crippen molar-refractivity contribution in [1.29, 1.82) is 0 Å². The van der Waals surface area contributed by atoms with Crippen molar-refractivity contribution in [2.45, 2.75) is 20.4 Å². The number of hydrogen-bond acceptors (Lipinski definition) is 5. The Hall–Kier alpha value is -2.63. The lowest BCUT2D eigenvalue weighted by Gasteiger charge is -2.09. The molecule has 1 aromatic heterocycles. The average molecular weight is 314 g/mol. The molecule has 23 heavy (non-hydrogen) atoms. The molecule has 0 spiro atoms. The molecule has 0 saturated carbocycles. The first-order valence-corrected chi connectivity index (χ1v) is 7.56. The van der Waals surface area contributed by atoms with Crippen LogP contribution in [0.4, 0.5) is 5.95 Å². The number of benzene rings is 1. The second-order valence-corrected chi connectivity index (χ2v) is 5.57. The van der Waals surface area contributed by atoms with Gasteiger partial charge in [-0.3, -0.25) is 4.79 Å². The van der Waals surface area contributed by atoms with E-state index in [1.165, 1.54) is 0 Å². The average Bonchev–Trinajstić information content (AvgIpc) is 2.58. The van der Waals surface area contributed by atoms with Crippen LogP contribution in [0.25, 0.3) is 0 Å². The summed E-state index contributed by atoms with van der Waals surface area (Å²) < 4.78 is 5.11. The van der Waals surface area contributed by atoms with Gasteiger partial charge in [-0.05, 0) is 29.7 Å². The number of aromatic nitrogens is 2. The zero-order valence-electron chi connectivity index (χ0n) is 13.7. The second-order valence-electron chi connectivity index (χ2n) is 5.57. The number of rotatable bonds is 7. The number of nitrogens with zero attached hydrogens (tertiary/aromatic N) is 2. The van der Waals surface area contributed by atoms with Crippen LogP contribution < -0.4 is 15.4 Å². The summed E-state index contributed by atoms with van der Waals surface area (Å²) >= 11 is 0. The number of anilines is 1. The van der Waals surface area contributed by atoms with Crippen molar-refractivity contribution in [3.63, 3.8) is 0 Å². The van der Waals surface area contributed by atoms with Gasteiger partial charge in [-0.15, -0.1) is 0 Å². The molecule has 0 atom stereocenters. The molecule has 0 radical (unpaired) electrons. The fourth-order valence-corrected chi connectivity index (χ4v) is 1.88. The van der Waals surface area contributed by atoms with Crippen LogP contribution in [-0.4, -0.2) is 29.5 Å². The Kier molecular flexibility index (Phi) is 5.91. The number of carbonyl (C=O) groups is 1. The van der Waals surface area contributed by atoms with E-state index in [4.69, 9.17) is 4.74 Å². The molecule has 0 aliphatic rings. The van der Waals surface area contributed by atoms with Gasteiger partial charge < -0.3 is 15.4 Å². The van der Waals surface area contributed by atoms with Gasteiger partial charge in [0.15, 0.2) is 0 Å². The fourth-order valence-electron chi connectivity index (χ4n) is 1.88.